The Bertz CT molecular complexity index is 398. The van der Waals surface area contributed by atoms with Gasteiger partial charge in [-0.05, 0) is 28.1 Å². The van der Waals surface area contributed by atoms with Crippen LogP contribution in [0.5, 0.6) is 0 Å². The van der Waals surface area contributed by atoms with Gasteiger partial charge in [-0.1, -0.05) is 11.6 Å². The van der Waals surface area contributed by atoms with Gasteiger partial charge in [0, 0.05) is 0 Å². The molecule has 0 amide bonds. The molecule has 0 unspecified atom stereocenters. The summed E-state index contributed by atoms with van der Waals surface area (Å²) in [6.07, 6.45) is 1.75. The minimum atomic E-state index is 0.461. The first-order valence-corrected chi connectivity index (χ1v) is 4.10. The molecular formula is C6H3BrClN3. The summed E-state index contributed by atoms with van der Waals surface area (Å²) < 4.78 is 2.37. The van der Waals surface area contributed by atoms with Crippen molar-refractivity contribution in [2.75, 3.05) is 0 Å². The van der Waals surface area contributed by atoms with Crippen LogP contribution >= 0.6 is 27.5 Å². The fourth-order valence-electron chi connectivity index (χ4n) is 0.830. The first-order valence-electron chi connectivity index (χ1n) is 2.93. The number of hydrogen-bond acceptors (Lipinski definition) is 2. The molecule has 5 heteroatoms. The average molecular weight is 232 g/mol. The largest absolute Gasteiger partial charge is 0.220 e. The van der Waals surface area contributed by atoms with Crippen molar-refractivity contribution in [1.82, 2.24) is 14.6 Å². The van der Waals surface area contributed by atoms with Gasteiger partial charge in [0.05, 0.1) is 6.20 Å². The molecule has 0 fully saturated rings. The van der Waals surface area contributed by atoms with Crippen molar-refractivity contribution in [2.45, 2.75) is 0 Å². The van der Waals surface area contributed by atoms with E-state index in [4.69, 9.17) is 11.6 Å². The summed E-state index contributed by atoms with van der Waals surface area (Å²) >= 11 is 8.89. The summed E-state index contributed by atoms with van der Waals surface area (Å²) in [6.45, 7) is 0. The Hall–Kier alpha value is -0.610. The SMILES string of the molecule is Clc1ccc2nc(Br)cn2n1. The maximum absolute atomic E-state index is 5.65. The first-order chi connectivity index (χ1) is 5.25. The average Bonchev–Trinajstić information content (AvgIpc) is 2.27. The van der Waals surface area contributed by atoms with Crippen LogP contribution in [0, 0.1) is 0 Å². The third kappa shape index (κ3) is 1.23. The predicted octanol–water partition coefficient (Wildman–Crippen LogP) is 2.15. The Morgan fingerprint density at radius 1 is 1.45 bits per heavy atom. The van der Waals surface area contributed by atoms with Gasteiger partial charge < -0.3 is 0 Å². The highest BCUT2D eigenvalue weighted by Crippen LogP contribution is 2.11. The molecule has 0 radical (unpaired) electrons. The lowest BCUT2D eigenvalue weighted by atomic mass is 10.6. The highest BCUT2D eigenvalue weighted by molar-refractivity contribution is 9.10. The van der Waals surface area contributed by atoms with Crippen LogP contribution in [-0.4, -0.2) is 14.6 Å². The van der Waals surface area contributed by atoms with E-state index < -0.39 is 0 Å². The van der Waals surface area contributed by atoms with Crippen molar-refractivity contribution in [2.24, 2.45) is 0 Å². The highest BCUT2D eigenvalue weighted by Gasteiger charge is 1.98. The third-order valence-electron chi connectivity index (χ3n) is 1.26. The van der Waals surface area contributed by atoms with Crippen molar-refractivity contribution >= 4 is 33.2 Å². The number of nitrogens with zero attached hydrogens (tertiary/aromatic N) is 3. The van der Waals surface area contributed by atoms with Crippen molar-refractivity contribution in [3.05, 3.63) is 28.1 Å². The normalized spacial score (nSPS) is 10.7. The molecule has 2 rings (SSSR count). The van der Waals surface area contributed by atoms with Gasteiger partial charge >= 0.3 is 0 Å². The lowest BCUT2D eigenvalue weighted by molar-refractivity contribution is 0.936. The molecule has 2 heterocycles. The molecule has 0 saturated carbocycles. The first kappa shape index (κ1) is 7.06. The number of rotatable bonds is 0. The van der Waals surface area contributed by atoms with E-state index in [-0.39, 0.29) is 0 Å². The maximum Gasteiger partial charge on any atom is 0.154 e. The number of halogens is 2. The molecule has 0 aliphatic heterocycles. The second-order valence-corrected chi connectivity index (χ2v) is 3.22. The van der Waals surface area contributed by atoms with E-state index in [0.29, 0.717) is 5.15 Å². The Balaban J connectivity index is 2.82. The smallest absolute Gasteiger partial charge is 0.154 e. The molecule has 11 heavy (non-hydrogen) atoms. The topological polar surface area (TPSA) is 30.2 Å². The van der Waals surface area contributed by atoms with Crippen molar-refractivity contribution < 1.29 is 0 Å². The zero-order valence-electron chi connectivity index (χ0n) is 5.33. The van der Waals surface area contributed by atoms with E-state index in [1.807, 2.05) is 0 Å². The second-order valence-electron chi connectivity index (χ2n) is 2.02. The zero-order chi connectivity index (χ0) is 7.84. The van der Waals surface area contributed by atoms with Gasteiger partial charge in [0.25, 0.3) is 0 Å². The van der Waals surface area contributed by atoms with Gasteiger partial charge in [-0.25, -0.2) is 9.50 Å². The molecule has 0 atom stereocenters. The van der Waals surface area contributed by atoms with Crippen molar-refractivity contribution in [3.63, 3.8) is 0 Å². The fraction of sp³-hybridized carbons (Fsp3) is 0. The molecule has 2 aromatic heterocycles. The molecule has 0 spiro atoms. The summed E-state index contributed by atoms with van der Waals surface area (Å²) in [5.74, 6) is 0. The summed E-state index contributed by atoms with van der Waals surface area (Å²) in [6, 6.07) is 3.51. The van der Waals surface area contributed by atoms with Gasteiger partial charge in [-0.2, -0.15) is 5.10 Å². The second kappa shape index (κ2) is 2.46. The van der Waals surface area contributed by atoms with Crippen LogP contribution in [-0.2, 0) is 0 Å². The summed E-state index contributed by atoms with van der Waals surface area (Å²) in [5, 5.41) is 4.45. The Labute approximate surface area is 76.1 Å². The number of hydrogen-bond donors (Lipinski definition) is 0. The molecular weight excluding hydrogens is 229 g/mol. The van der Waals surface area contributed by atoms with Crippen LogP contribution in [0.3, 0.4) is 0 Å². The van der Waals surface area contributed by atoms with Gasteiger partial charge in [-0.3, -0.25) is 0 Å². The molecule has 0 N–H and O–H groups in total. The summed E-state index contributed by atoms with van der Waals surface area (Å²) in [4.78, 5) is 4.11. The zero-order valence-corrected chi connectivity index (χ0v) is 7.67. The van der Waals surface area contributed by atoms with Crippen molar-refractivity contribution in [3.8, 4) is 0 Å². The monoisotopic (exact) mass is 231 g/mol. The van der Waals surface area contributed by atoms with Crippen LogP contribution < -0.4 is 0 Å². The molecule has 2 aromatic rings. The lowest BCUT2D eigenvalue weighted by Gasteiger charge is -1.89. The Morgan fingerprint density at radius 3 is 3.09 bits per heavy atom. The van der Waals surface area contributed by atoms with Crippen LogP contribution in [0.4, 0.5) is 0 Å². The summed E-state index contributed by atoms with van der Waals surface area (Å²) in [5.41, 5.74) is 0.779. The number of fused-ring (bicyclic) bond motifs is 1. The Kier molecular flexibility index (Phi) is 1.58. The van der Waals surface area contributed by atoms with Gasteiger partial charge in [-0.15, -0.1) is 0 Å². The van der Waals surface area contributed by atoms with E-state index in [2.05, 4.69) is 26.0 Å². The molecule has 0 bridgehead atoms. The highest BCUT2D eigenvalue weighted by atomic mass is 79.9. The minimum absolute atomic E-state index is 0.461. The maximum atomic E-state index is 5.65. The fourth-order valence-corrected chi connectivity index (χ4v) is 1.35. The van der Waals surface area contributed by atoms with Crippen LogP contribution in [0.2, 0.25) is 5.15 Å². The molecule has 0 aliphatic rings. The molecule has 0 aliphatic carbocycles. The van der Waals surface area contributed by atoms with E-state index >= 15 is 0 Å². The third-order valence-corrected chi connectivity index (χ3v) is 1.84. The molecule has 0 aromatic carbocycles. The quantitative estimate of drug-likeness (QED) is 0.697. The van der Waals surface area contributed by atoms with Crippen LogP contribution in [0.25, 0.3) is 5.65 Å². The van der Waals surface area contributed by atoms with E-state index in [1.165, 1.54) is 0 Å². The van der Waals surface area contributed by atoms with E-state index in [0.717, 1.165) is 10.3 Å². The molecule has 56 valence electrons. The van der Waals surface area contributed by atoms with Gasteiger partial charge in [0.1, 0.15) is 9.76 Å². The lowest BCUT2D eigenvalue weighted by Crippen LogP contribution is -1.88. The molecule has 0 saturated heterocycles. The van der Waals surface area contributed by atoms with Crippen molar-refractivity contribution in [1.29, 1.82) is 0 Å². The van der Waals surface area contributed by atoms with E-state index in [1.54, 1.807) is 22.8 Å². The number of aromatic nitrogens is 3. The minimum Gasteiger partial charge on any atom is -0.220 e. The van der Waals surface area contributed by atoms with Crippen LogP contribution in [0.1, 0.15) is 0 Å². The number of imidazole rings is 1. The summed E-state index contributed by atoms with van der Waals surface area (Å²) in [7, 11) is 0. The Morgan fingerprint density at radius 2 is 2.27 bits per heavy atom. The molecule has 3 nitrogen and oxygen atoms in total. The predicted molar refractivity (Wildman–Crippen MR) is 45.7 cm³/mol. The van der Waals surface area contributed by atoms with Gasteiger partial charge in [0.2, 0.25) is 0 Å². The standard InChI is InChI=1S/C6H3BrClN3/c7-4-3-11-6(9-4)2-1-5(8)10-11/h1-3H. The van der Waals surface area contributed by atoms with Gasteiger partial charge in [0.15, 0.2) is 5.65 Å². The van der Waals surface area contributed by atoms with E-state index in [9.17, 15) is 0 Å². The van der Waals surface area contributed by atoms with Crippen LogP contribution in [0.15, 0.2) is 22.9 Å².